The van der Waals surface area contributed by atoms with Crippen LogP contribution in [0.3, 0.4) is 0 Å². The maximum absolute atomic E-state index is 12.1. The number of carbonyl (C=O) groups excluding carboxylic acids is 1. The van der Waals surface area contributed by atoms with E-state index in [9.17, 15) is 4.79 Å². The minimum Gasteiger partial charge on any atom is -0.347 e. The number of hydrogen-bond acceptors (Lipinski definition) is 2. The van der Waals surface area contributed by atoms with Crippen LogP contribution in [-0.4, -0.2) is 28.1 Å². The largest absolute Gasteiger partial charge is 0.347 e. The van der Waals surface area contributed by atoms with Crippen LogP contribution in [0.15, 0.2) is 35.3 Å². The minimum atomic E-state index is -0.217. The second-order valence-corrected chi connectivity index (χ2v) is 6.36. The van der Waals surface area contributed by atoms with Crippen molar-refractivity contribution in [2.45, 2.75) is 66.1 Å². The van der Waals surface area contributed by atoms with Crippen LogP contribution >= 0.6 is 0 Å². The third-order valence-corrected chi connectivity index (χ3v) is 3.68. The summed E-state index contributed by atoms with van der Waals surface area (Å²) in [6.07, 6.45) is 0.904. The molecule has 0 aliphatic carbocycles. The van der Waals surface area contributed by atoms with Crippen LogP contribution in [0.25, 0.3) is 0 Å². The van der Waals surface area contributed by atoms with Crippen molar-refractivity contribution >= 4 is 11.6 Å². The van der Waals surface area contributed by atoms with Crippen LogP contribution in [0.1, 0.15) is 53.5 Å². The van der Waals surface area contributed by atoms with Gasteiger partial charge in [-0.2, -0.15) is 0 Å². The zero-order chi connectivity index (χ0) is 16.0. The van der Waals surface area contributed by atoms with E-state index in [4.69, 9.17) is 4.99 Å². The lowest BCUT2D eigenvalue weighted by molar-refractivity contribution is -0.111. The van der Waals surface area contributed by atoms with Gasteiger partial charge in [-0.1, -0.05) is 37.3 Å². The van der Waals surface area contributed by atoms with Gasteiger partial charge < -0.3 is 4.90 Å². The fraction of sp³-hybridized carbons (Fsp3) is 0.556. The molecule has 3 nitrogen and oxygen atoms in total. The van der Waals surface area contributed by atoms with Gasteiger partial charge in [-0.25, -0.2) is 0 Å². The van der Waals surface area contributed by atoms with Crippen molar-refractivity contribution in [1.29, 1.82) is 0 Å². The van der Waals surface area contributed by atoms with Crippen LogP contribution in [-0.2, 0) is 11.3 Å². The van der Waals surface area contributed by atoms with E-state index in [0.717, 1.165) is 6.42 Å². The Balaban J connectivity index is 3.13. The van der Waals surface area contributed by atoms with Crippen molar-refractivity contribution in [3.05, 3.63) is 35.9 Å². The summed E-state index contributed by atoms with van der Waals surface area (Å²) in [6, 6.07) is 10.4. The molecule has 0 atom stereocenters. The number of Topliss-reactive ketones (excluding diaryl/α,β-unsaturated/α-hetero) is 1. The first-order valence-corrected chi connectivity index (χ1v) is 7.68. The average Bonchev–Trinajstić information content (AvgIpc) is 2.43. The highest BCUT2D eigenvalue weighted by molar-refractivity contribution is 6.37. The highest BCUT2D eigenvalue weighted by atomic mass is 16.1. The van der Waals surface area contributed by atoms with Gasteiger partial charge >= 0.3 is 0 Å². The number of amidine groups is 1. The Morgan fingerprint density at radius 3 is 2.24 bits per heavy atom. The molecule has 0 heterocycles. The fourth-order valence-electron chi connectivity index (χ4n) is 1.99. The summed E-state index contributed by atoms with van der Waals surface area (Å²) < 4.78 is 0. The summed E-state index contributed by atoms with van der Waals surface area (Å²) in [5, 5.41) is 0. The van der Waals surface area contributed by atoms with Crippen molar-refractivity contribution in [2.75, 3.05) is 0 Å². The summed E-state index contributed by atoms with van der Waals surface area (Å²) in [7, 11) is 0. The zero-order valence-corrected chi connectivity index (χ0v) is 14.2. The summed E-state index contributed by atoms with van der Waals surface area (Å²) in [6.45, 7) is 12.7. The second-order valence-electron chi connectivity index (χ2n) is 6.36. The number of carbonyl (C=O) groups is 1. The van der Waals surface area contributed by atoms with E-state index in [1.54, 1.807) is 6.92 Å². The van der Waals surface area contributed by atoms with Crippen molar-refractivity contribution in [3.8, 4) is 0 Å². The van der Waals surface area contributed by atoms with Crippen LogP contribution in [0.2, 0.25) is 0 Å². The number of benzene rings is 1. The fourth-order valence-corrected chi connectivity index (χ4v) is 1.99. The molecule has 1 aromatic carbocycles. The Labute approximate surface area is 129 Å². The predicted molar refractivity (Wildman–Crippen MR) is 89.6 cm³/mol. The molecule has 0 radical (unpaired) electrons. The average molecular weight is 288 g/mol. The van der Waals surface area contributed by atoms with Gasteiger partial charge in [-0.05, 0) is 39.7 Å². The van der Waals surface area contributed by atoms with Crippen LogP contribution < -0.4 is 0 Å². The maximum Gasteiger partial charge on any atom is 0.194 e. The molecule has 0 aliphatic heterocycles. The number of rotatable bonds is 6. The lowest BCUT2D eigenvalue weighted by Gasteiger charge is -2.31. The quantitative estimate of drug-likeness (QED) is 0.584. The van der Waals surface area contributed by atoms with E-state index in [2.05, 4.69) is 51.7 Å². The van der Waals surface area contributed by atoms with E-state index in [1.807, 2.05) is 18.2 Å². The normalized spacial score (nSPS) is 12.6. The van der Waals surface area contributed by atoms with Gasteiger partial charge in [-0.15, -0.1) is 0 Å². The monoisotopic (exact) mass is 288 g/mol. The summed E-state index contributed by atoms with van der Waals surface area (Å²) >= 11 is 0. The third-order valence-electron chi connectivity index (χ3n) is 3.68. The molecule has 0 saturated heterocycles. The number of aliphatic imine (C=N–C) groups is 1. The zero-order valence-electron chi connectivity index (χ0n) is 14.2. The summed E-state index contributed by atoms with van der Waals surface area (Å²) in [5.41, 5.74) is 0.972. The molecule has 1 rings (SSSR count). The smallest absolute Gasteiger partial charge is 0.194 e. The molecule has 0 fully saturated rings. The first-order valence-electron chi connectivity index (χ1n) is 7.68. The molecule has 0 amide bonds. The van der Waals surface area contributed by atoms with Gasteiger partial charge in [0.05, 0.1) is 5.54 Å². The molecule has 3 heteroatoms. The van der Waals surface area contributed by atoms with Gasteiger partial charge in [0.15, 0.2) is 11.6 Å². The van der Waals surface area contributed by atoms with Crippen molar-refractivity contribution < 1.29 is 4.79 Å². The van der Waals surface area contributed by atoms with Crippen molar-refractivity contribution in [3.63, 3.8) is 0 Å². The Morgan fingerprint density at radius 2 is 1.81 bits per heavy atom. The molecule has 0 N–H and O–H groups in total. The van der Waals surface area contributed by atoms with E-state index < -0.39 is 0 Å². The van der Waals surface area contributed by atoms with Gasteiger partial charge in [-0.3, -0.25) is 9.79 Å². The van der Waals surface area contributed by atoms with E-state index in [1.165, 1.54) is 5.56 Å². The molecule has 116 valence electrons. The predicted octanol–water partition coefficient (Wildman–Crippen LogP) is 4.07. The standard InChI is InChI=1S/C18H28N2O/c1-7-18(5,6)19-17(15(4)21)20(14(2)3)13-16-11-9-8-10-12-16/h8-12,14H,7,13H2,1-6H3. The van der Waals surface area contributed by atoms with Crippen molar-refractivity contribution in [2.24, 2.45) is 4.99 Å². The molecular weight excluding hydrogens is 260 g/mol. The van der Waals surface area contributed by atoms with Crippen LogP contribution in [0.5, 0.6) is 0 Å². The van der Waals surface area contributed by atoms with Crippen LogP contribution in [0.4, 0.5) is 0 Å². The first kappa shape index (κ1) is 17.4. The number of nitrogens with zero attached hydrogens (tertiary/aromatic N) is 2. The first-order chi connectivity index (χ1) is 9.76. The van der Waals surface area contributed by atoms with Crippen LogP contribution in [0, 0.1) is 0 Å². The van der Waals surface area contributed by atoms with Gasteiger partial charge in [0, 0.05) is 19.5 Å². The molecule has 0 unspecified atom stereocenters. The van der Waals surface area contributed by atoms with E-state index >= 15 is 0 Å². The highest BCUT2D eigenvalue weighted by Crippen LogP contribution is 2.17. The summed E-state index contributed by atoms with van der Waals surface area (Å²) in [5.74, 6) is 0.613. The Bertz CT molecular complexity index is 489. The number of ketones is 1. The molecule has 0 spiro atoms. The Morgan fingerprint density at radius 1 is 1.24 bits per heavy atom. The van der Waals surface area contributed by atoms with Gasteiger partial charge in [0.25, 0.3) is 0 Å². The molecule has 0 aliphatic rings. The second kappa shape index (κ2) is 7.39. The van der Waals surface area contributed by atoms with E-state index in [0.29, 0.717) is 12.4 Å². The molecule has 0 saturated carbocycles. The molecule has 0 aromatic heterocycles. The Kier molecular flexibility index (Phi) is 6.13. The SMILES string of the molecule is CCC(C)(C)N=C(C(C)=O)N(Cc1ccccc1)C(C)C. The summed E-state index contributed by atoms with van der Waals surface area (Å²) in [4.78, 5) is 18.9. The Hall–Kier alpha value is -1.64. The molecule has 21 heavy (non-hydrogen) atoms. The molecule has 1 aromatic rings. The maximum atomic E-state index is 12.1. The highest BCUT2D eigenvalue weighted by Gasteiger charge is 2.23. The lowest BCUT2D eigenvalue weighted by atomic mass is 10.0. The van der Waals surface area contributed by atoms with Crippen molar-refractivity contribution in [1.82, 2.24) is 4.90 Å². The van der Waals surface area contributed by atoms with E-state index in [-0.39, 0.29) is 17.4 Å². The minimum absolute atomic E-state index is 0.0288. The third kappa shape index (κ3) is 5.33. The van der Waals surface area contributed by atoms with Gasteiger partial charge in [0.1, 0.15) is 0 Å². The molecule has 0 bridgehead atoms. The molecular formula is C18H28N2O. The number of hydrogen-bond donors (Lipinski definition) is 0. The van der Waals surface area contributed by atoms with Gasteiger partial charge in [0.2, 0.25) is 0 Å². The lowest BCUT2D eigenvalue weighted by Crippen LogP contribution is -2.41. The topological polar surface area (TPSA) is 32.7 Å².